The molecule has 0 radical (unpaired) electrons. The Morgan fingerprint density at radius 3 is 2.04 bits per heavy atom. The van der Waals surface area contributed by atoms with Crippen molar-refractivity contribution in [3.8, 4) is 0 Å². The maximum Gasteiger partial charge on any atom is 0.336 e. The molecule has 0 unspecified atom stereocenters. The van der Waals surface area contributed by atoms with E-state index in [1.165, 1.54) is 0 Å². The minimum atomic E-state index is -3.87. The summed E-state index contributed by atoms with van der Waals surface area (Å²) < 4.78 is 37.2. The number of rotatable bonds is 5. The molecule has 28 heavy (non-hydrogen) atoms. The molecule has 0 saturated carbocycles. The Kier molecular flexibility index (Phi) is 6.09. The van der Waals surface area contributed by atoms with E-state index in [4.69, 9.17) is 4.43 Å². The van der Waals surface area contributed by atoms with Crippen LogP contribution in [0.1, 0.15) is 20.8 Å². The molecule has 1 saturated heterocycles. The molecule has 2 atom stereocenters. The van der Waals surface area contributed by atoms with E-state index >= 15 is 0 Å². The van der Waals surface area contributed by atoms with Crippen molar-refractivity contribution >= 4 is 29.0 Å². The van der Waals surface area contributed by atoms with E-state index in [0.29, 0.717) is 0 Å². The van der Waals surface area contributed by atoms with Gasteiger partial charge in [-0.15, -0.1) is 0 Å². The standard InChI is InChI=1S/C20H27NO5SSi/c1-20(2,3)28(16-10-6-4-7-11-16,17-12-8-5-9-13-17)26-14-18-19(22)15-25-27(23,24)21-18/h4-13,18-19,21-22H,14-15H2,1-3H3/t18-,19-/m0/s1. The Bertz CT molecular complexity index is 844. The van der Waals surface area contributed by atoms with Crippen LogP contribution < -0.4 is 15.1 Å². The van der Waals surface area contributed by atoms with Crippen LogP contribution in [0.5, 0.6) is 0 Å². The van der Waals surface area contributed by atoms with Crippen LogP contribution in [0.15, 0.2) is 60.7 Å². The second-order valence-corrected chi connectivity index (χ2v) is 13.7. The number of benzene rings is 2. The lowest BCUT2D eigenvalue weighted by Gasteiger charge is -2.44. The number of hydrogen-bond donors (Lipinski definition) is 2. The molecule has 2 aromatic rings. The monoisotopic (exact) mass is 421 g/mol. The Morgan fingerprint density at radius 2 is 1.57 bits per heavy atom. The summed E-state index contributed by atoms with van der Waals surface area (Å²) >= 11 is 0. The van der Waals surface area contributed by atoms with E-state index in [1.54, 1.807) is 0 Å². The Hall–Kier alpha value is -1.55. The number of aliphatic hydroxyl groups excluding tert-OH is 1. The van der Waals surface area contributed by atoms with E-state index in [9.17, 15) is 13.5 Å². The van der Waals surface area contributed by atoms with E-state index < -0.39 is 30.8 Å². The SMILES string of the molecule is CC(C)(C)[Si](OC[C@@H]1NS(=O)(=O)OC[C@@H]1O)(c1ccccc1)c1ccccc1. The van der Waals surface area contributed by atoms with Crippen LogP contribution in [0.3, 0.4) is 0 Å². The summed E-state index contributed by atoms with van der Waals surface area (Å²) in [5.41, 5.74) is 0. The highest BCUT2D eigenvalue weighted by molar-refractivity contribution is 7.84. The van der Waals surface area contributed by atoms with Gasteiger partial charge in [0.05, 0.1) is 25.4 Å². The molecule has 0 bridgehead atoms. The summed E-state index contributed by atoms with van der Waals surface area (Å²) in [6.07, 6.45) is -0.971. The van der Waals surface area contributed by atoms with Gasteiger partial charge in [0.1, 0.15) is 0 Å². The van der Waals surface area contributed by atoms with E-state index in [-0.39, 0.29) is 18.3 Å². The predicted molar refractivity (Wildman–Crippen MR) is 111 cm³/mol. The van der Waals surface area contributed by atoms with Gasteiger partial charge < -0.3 is 9.53 Å². The van der Waals surface area contributed by atoms with Crippen molar-refractivity contribution in [3.63, 3.8) is 0 Å². The second-order valence-electron chi connectivity index (χ2n) is 8.00. The second kappa shape index (κ2) is 8.06. The molecule has 0 aliphatic carbocycles. The maximum atomic E-state index is 11.8. The van der Waals surface area contributed by atoms with Gasteiger partial charge in [-0.2, -0.15) is 13.1 Å². The molecule has 2 N–H and O–H groups in total. The van der Waals surface area contributed by atoms with Crippen LogP contribution in [-0.2, 0) is 18.9 Å². The maximum absolute atomic E-state index is 11.8. The third kappa shape index (κ3) is 4.22. The lowest BCUT2D eigenvalue weighted by Crippen LogP contribution is -2.68. The minimum Gasteiger partial charge on any atom is -0.406 e. The fourth-order valence-electron chi connectivity index (χ4n) is 3.69. The molecule has 2 aromatic carbocycles. The molecular formula is C20H27NO5SSi. The van der Waals surface area contributed by atoms with E-state index in [1.807, 2.05) is 36.4 Å². The Labute approximate surface area is 167 Å². The zero-order valence-electron chi connectivity index (χ0n) is 16.3. The van der Waals surface area contributed by atoms with Gasteiger partial charge in [0.15, 0.2) is 0 Å². The fourth-order valence-corrected chi connectivity index (χ4v) is 9.26. The first-order chi connectivity index (χ1) is 13.2. The zero-order chi connectivity index (χ0) is 20.4. The number of hydrogen-bond acceptors (Lipinski definition) is 5. The zero-order valence-corrected chi connectivity index (χ0v) is 18.1. The summed E-state index contributed by atoms with van der Waals surface area (Å²) in [4.78, 5) is 0. The molecule has 0 aromatic heterocycles. The van der Waals surface area contributed by atoms with Gasteiger partial charge >= 0.3 is 10.3 Å². The Balaban J connectivity index is 2.04. The van der Waals surface area contributed by atoms with Gasteiger partial charge in [-0.3, -0.25) is 4.18 Å². The van der Waals surface area contributed by atoms with Crippen LogP contribution in [-0.4, -0.2) is 47.2 Å². The minimum absolute atomic E-state index is 0.0526. The summed E-state index contributed by atoms with van der Waals surface area (Å²) in [6.45, 7) is 6.21. The largest absolute Gasteiger partial charge is 0.406 e. The molecule has 1 heterocycles. The first kappa shape index (κ1) is 21.2. The van der Waals surface area contributed by atoms with E-state index in [0.717, 1.165) is 10.4 Å². The highest BCUT2D eigenvalue weighted by Gasteiger charge is 2.51. The van der Waals surface area contributed by atoms with Gasteiger partial charge in [-0.1, -0.05) is 81.4 Å². The molecule has 6 nitrogen and oxygen atoms in total. The average molecular weight is 422 g/mol. The number of nitrogens with one attached hydrogen (secondary N) is 1. The van der Waals surface area contributed by atoms with Crippen LogP contribution in [0.2, 0.25) is 5.04 Å². The molecule has 1 aliphatic heterocycles. The third-order valence-corrected chi connectivity index (χ3v) is 11.1. The summed E-state index contributed by atoms with van der Waals surface area (Å²) in [5, 5.41) is 12.2. The van der Waals surface area contributed by atoms with Crippen LogP contribution >= 0.6 is 0 Å². The van der Waals surface area contributed by atoms with Crippen molar-refractivity contribution in [1.82, 2.24) is 4.72 Å². The van der Waals surface area contributed by atoms with Crippen molar-refractivity contribution in [2.45, 2.75) is 38.0 Å². The number of aliphatic hydroxyl groups is 1. The van der Waals surface area contributed by atoms with E-state index in [2.05, 4.69) is 53.9 Å². The predicted octanol–water partition coefficient (Wildman–Crippen LogP) is 1.16. The molecule has 1 fully saturated rings. The molecule has 152 valence electrons. The quantitative estimate of drug-likeness (QED) is 0.708. The summed E-state index contributed by atoms with van der Waals surface area (Å²) in [6, 6.07) is 19.4. The van der Waals surface area contributed by atoms with Crippen molar-refractivity contribution in [1.29, 1.82) is 0 Å². The van der Waals surface area contributed by atoms with Crippen molar-refractivity contribution in [2.75, 3.05) is 13.2 Å². The van der Waals surface area contributed by atoms with Crippen molar-refractivity contribution < 1.29 is 22.1 Å². The lowest BCUT2D eigenvalue weighted by molar-refractivity contribution is 0.0440. The summed E-state index contributed by atoms with van der Waals surface area (Å²) in [7, 11) is -6.67. The molecule has 8 heteroatoms. The van der Waals surface area contributed by atoms with Gasteiger partial charge in [-0.05, 0) is 15.4 Å². The van der Waals surface area contributed by atoms with Gasteiger partial charge in [-0.25, -0.2) is 0 Å². The molecule has 0 amide bonds. The lowest BCUT2D eigenvalue weighted by atomic mass is 10.2. The topological polar surface area (TPSA) is 84.9 Å². The average Bonchev–Trinajstić information content (AvgIpc) is 2.65. The van der Waals surface area contributed by atoms with Gasteiger partial charge in [0.25, 0.3) is 8.32 Å². The normalized spacial score (nSPS) is 22.7. The fraction of sp³-hybridized carbons (Fsp3) is 0.400. The van der Waals surface area contributed by atoms with Crippen molar-refractivity contribution in [2.24, 2.45) is 0 Å². The van der Waals surface area contributed by atoms with Gasteiger partial charge in [0.2, 0.25) is 0 Å². The van der Waals surface area contributed by atoms with Crippen molar-refractivity contribution in [3.05, 3.63) is 60.7 Å². The first-order valence-corrected chi connectivity index (χ1v) is 12.6. The summed E-state index contributed by atoms with van der Waals surface area (Å²) in [5.74, 6) is 0. The Morgan fingerprint density at radius 1 is 1.07 bits per heavy atom. The molecule has 1 aliphatic rings. The molecular weight excluding hydrogens is 394 g/mol. The highest BCUT2D eigenvalue weighted by Crippen LogP contribution is 2.37. The van der Waals surface area contributed by atoms with Crippen LogP contribution in [0.25, 0.3) is 0 Å². The third-order valence-electron chi connectivity index (χ3n) is 5.05. The molecule has 0 spiro atoms. The highest BCUT2D eigenvalue weighted by atomic mass is 32.2. The van der Waals surface area contributed by atoms with Crippen LogP contribution in [0.4, 0.5) is 0 Å². The van der Waals surface area contributed by atoms with Crippen LogP contribution in [0, 0.1) is 0 Å². The van der Waals surface area contributed by atoms with Gasteiger partial charge in [0, 0.05) is 0 Å². The smallest absolute Gasteiger partial charge is 0.336 e. The molecule has 3 rings (SSSR count). The first-order valence-electron chi connectivity index (χ1n) is 9.25.